The first kappa shape index (κ1) is 22.7. The summed E-state index contributed by atoms with van der Waals surface area (Å²) in [5.41, 5.74) is 4.52. The van der Waals surface area contributed by atoms with Crippen molar-refractivity contribution in [2.75, 3.05) is 20.8 Å². The highest BCUT2D eigenvalue weighted by atomic mass is 16.5. The van der Waals surface area contributed by atoms with Gasteiger partial charge in [-0.05, 0) is 47.6 Å². The molecule has 0 bridgehead atoms. The van der Waals surface area contributed by atoms with Crippen molar-refractivity contribution in [3.8, 4) is 11.5 Å². The fourth-order valence-corrected chi connectivity index (χ4v) is 4.02. The predicted molar refractivity (Wildman–Crippen MR) is 126 cm³/mol. The van der Waals surface area contributed by atoms with Crippen LogP contribution in [0.2, 0.25) is 0 Å². The van der Waals surface area contributed by atoms with E-state index in [0.29, 0.717) is 30.4 Å². The fraction of sp³-hybridized carbons (Fsp3) is 0.423. The van der Waals surface area contributed by atoms with E-state index in [1.807, 2.05) is 24.4 Å². The van der Waals surface area contributed by atoms with Gasteiger partial charge >= 0.3 is 0 Å². The van der Waals surface area contributed by atoms with Gasteiger partial charge in [0.25, 0.3) is 0 Å². The van der Waals surface area contributed by atoms with E-state index in [9.17, 15) is 4.79 Å². The van der Waals surface area contributed by atoms with Crippen LogP contribution in [0.5, 0.6) is 11.5 Å². The highest BCUT2D eigenvalue weighted by Gasteiger charge is 2.23. The van der Waals surface area contributed by atoms with Crippen LogP contribution < -0.4 is 14.8 Å². The summed E-state index contributed by atoms with van der Waals surface area (Å²) < 4.78 is 11.0. The second kappa shape index (κ2) is 10.4. The van der Waals surface area contributed by atoms with E-state index in [2.05, 4.69) is 49.3 Å². The van der Waals surface area contributed by atoms with Crippen LogP contribution in [0.4, 0.5) is 0 Å². The van der Waals surface area contributed by atoms with Crippen LogP contribution in [0.1, 0.15) is 56.2 Å². The van der Waals surface area contributed by atoms with Gasteiger partial charge in [0.1, 0.15) is 11.5 Å². The first-order chi connectivity index (χ1) is 15.0. The number of carbonyl (C=O) groups excluding carboxylic acids is 1. The molecule has 1 heterocycles. The fourth-order valence-electron chi connectivity index (χ4n) is 4.02. The van der Waals surface area contributed by atoms with Crippen molar-refractivity contribution in [1.82, 2.24) is 10.3 Å². The average Bonchev–Trinajstić information content (AvgIpc) is 3.20. The molecule has 3 rings (SSSR count). The summed E-state index contributed by atoms with van der Waals surface area (Å²) >= 11 is 0. The topological polar surface area (TPSA) is 63.4 Å². The highest BCUT2D eigenvalue weighted by Crippen LogP contribution is 2.37. The van der Waals surface area contributed by atoms with E-state index < -0.39 is 0 Å². The number of benzene rings is 2. The normalized spacial score (nSPS) is 12.2. The van der Waals surface area contributed by atoms with E-state index >= 15 is 0 Å². The van der Waals surface area contributed by atoms with Crippen molar-refractivity contribution in [2.24, 2.45) is 5.92 Å². The molecule has 1 unspecified atom stereocenters. The number of methoxy groups -OCH3 is 2. The number of rotatable bonds is 10. The van der Waals surface area contributed by atoms with Crippen molar-refractivity contribution < 1.29 is 14.3 Å². The van der Waals surface area contributed by atoms with Gasteiger partial charge in [0, 0.05) is 42.0 Å². The summed E-state index contributed by atoms with van der Waals surface area (Å²) in [5.74, 6) is 1.92. The number of carbonyl (C=O) groups is 1. The number of H-pyrrole nitrogens is 1. The standard InChI is InChI=1S/C26H34N2O3/c1-6-18-8-7-9-22-24(16-28-26(18)22)23(15-25(29)27-11-10-17(2)3)19-12-20(30-4)14-21(13-19)31-5/h7-9,12-14,16-17,23,28H,6,10-11,15H2,1-5H3,(H,27,29). The molecule has 0 spiro atoms. The number of fused-ring (bicyclic) bond motifs is 1. The van der Waals surface area contributed by atoms with Gasteiger partial charge in [0.15, 0.2) is 0 Å². The average molecular weight is 423 g/mol. The molecule has 0 fully saturated rings. The Morgan fingerprint density at radius 2 is 1.81 bits per heavy atom. The van der Waals surface area contributed by atoms with E-state index in [1.165, 1.54) is 5.56 Å². The van der Waals surface area contributed by atoms with Gasteiger partial charge in [-0.25, -0.2) is 0 Å². The quantitative estimate of drug-likeness (QED) is 0.458. The van der Waals surface area contributed by atoms with Crippen LogP contribution in [0, 0.1) is 5.92 Å². The molecule has 0 aliphatic rings. The van der Waals surface area contributed by atoms with Gasteiger partial charge < -0.3 is 19.8 Å². The van der Waals surface area contributed by atoms with E-state index in [1.54, 1.807) is 14.2 Å². The number of nitrogens with one attached hydrogen (secondary N) is 2. The molecule has 1 atom stereocenters. The van der Waals surface area contributed by atoms with Gasteiger partial charge in [0.2, 0.25) is 5.91 Å². The predicted octanol–water partition coefficient (Wildman–Crippen LogP) is 5.43. The van der Waals surface area contributed by atoms with Crippen LogP contribution in [0.25, 0.3) is 10.9 Å². The van der Waals surface area contributed by atoms with E-state index in [-0.39, 0.29) is 11.8 Å². The lowest BCUT2D eigenvalue weighted by molar-refractivity contribution is -0.121. The maximum Gasteiger partial charge on any atom is 0.220 e. The van der Waals surface area contributed by atoms with Crippen LogP contribution in [0.15, 0.2) is 42.6 Å². The molecule has 5 heteroatoms. The van der Waals surface area contributed by atoms with Crippen LogP contribution >= 0.6 is 0 Å². The van der Waals surface area contributed by atoms with Crippen molar-refractivity contribution in [3.63, 3.8) is 0 Å². The number of aromatic nitrogens is 1. The molecule has 166 valence electrons. The molecule has 1 aromatic heterocycles. The smallest absolute Gasteiger partial charge is 0.220 e. The number of hydrogen-bond acceptors (Lipinski definition) is 3. The van der Waals surface area contributed by atoms with Gasteiger partial charge in [-0.3, -0.25) is 4.79 Å². The molecule has 0 saturated heterocycles. The number of aryl methyl sites for hydroxylation is 1. The largest absolute Gasteiger partial charge is 0.497 e. The zero-order chi connectivity index (χ0) is 22.4. The van der Waals surface area contributed by atoms with Gasteiger partial charge in [-0.1, -0.05) is 39.0 Å². The zero-order valence-corrected chi connectivity index (χ0v) is 19.2. The lowest BCUT2D eigenvalue weighted by atomic mass is 9.87. The Balaban J connectivity index is 2.02. The third kappa shape index (κ3) is 5.40. The number of ether oxygens (including phenoxy) is 2. The van der Waals surface area contributed by atoms with Gasteiger partial charge in [-0.15, -0.1) is 0 Å². The van der Waals surface area contributed by atoms with Gasteiger partial charge in [0.05, 0.1) is 14.2 Å². The monoisotopic (exact) mass is 422 g/mol. The third-order valence-corrected chi connectivity index (χ3v) is 5.80. The van der Waals surface area contributed by atoms with Crippen LogP contribution in [-0.4, -0.2) is 31.7 Å². The maximum atomic E-state index is 12.9. The highest BCUT2D eigenvalue weighted by molar-refractivity contribution is 5.88. The minimum Gasteiger partial charge on any atom is -0.497 e. The Kier molecular flexibility index (Phi) is 7.61. The molecule has 5 nitrogen and oxygen atoms in total. The Labute approximate surface area is 185 Å². The Morgan fingerprint density at radius 3 is 2.42 bits per heavy atom. The Hall–Kier alpha value is -2.95. The molecule has 31 heavy (non-hydrogen) atoms. The number of hydrogen-bond donors (Lipinski definition) is 2. The maximum absolute atomic E-state index is 12.9. The van der Waals surface area contributed by atoms with Crippen LogP contribution in [-0.2, 0) is 11.2 Å². The summed E-state index contributed by atoms with van der Waals surface area (Å²) in [6, 6.07) is 12.2. The molecular formula is C26H34N2O3. The molecule has 0 radical (unpaired) electrons. The number of amides is 1. The Morgan fingerprint density at radius 1 is 1.10 bits per heavy atom. The third-order valence-electron chi connectivity index (χ3n) is 5.80. The van der Waals surface area contributed by atoms with E-state index in [0.717, 1.165) is 34.9 Å². The zero-order valence-electron chi connectivity index (χ0n) is 19.2. The van der Waals surface area contributed by atoms with Crippen molar-refractivity contribution in [2.45, 2.75) is 46.0 Å². The van der Waals surface area contributed by atoms with Crippen LogP contribution in [0.3, 0.4) is 0 Å². The molecule has 2 aromatic carbocycles. The molecular weight excluding hydrogens is 388 g/mol. The molecule has 2 N–H and O–H groups in total. The first-order valence-corrected chi connectivity index (χ1v) is 11.0. The van der Waals surface area contributed by atoms with Crippen molar-refractivity contribution in [1.29, 1.82) is 0 Å². The SMILES string of the molecule is CCc1cccc2c(C(CC(=O)NCCC(C)C)c3cc(OC)cc(OC)c3)c[nH]c12. The summed E-state index contributed by atoms with van der Waals surface area (Å²) in [5, 5.41) is 4.25. The second-order valence-electron chi connectivity index (χ2n) is 8.37. The van der Waals surface area contributed by atoms with E-state index in [4.69, 9.17) is 9.47 Å². The minimum atomic E-state index is -0.121. The number of aromatic amines is 1. The summed E-state index contributed by atoms with van der Waals surface area (Å²) in [6.07, 6.45) is 4.32. The number of para-hydroxylation sites is 1. The molecule has 0 saturated carbocycles. The molecule has 1 amide bonds. The first-order valence-electron chi connectivity index (χ1n) is 11.0. The summed E-state index contributed by atoms with van der Waals surface area (Å²) in [7, 11) is 3.29. The molecule has 0 aliphatic heterocycles. The minimum absolute atomic E-state index is 0.0495. The second-order valence-corrected chi connectivity index (χ2v) is 8.37. The lowest BCUT2D eigenvalue weighted by Gasteiger charge is -2.19. The summed E-state index contributed by atoms with van der Waals surface area (Å²) in [6.45, 7) is 7.17. The molecule has 0 aliphatic carbocycles. The van der Waals surface area contributed by atoms with Gasteiger partial charge in [-0.2, -0.15) is 0 Å². The Bertz CT molecular complexity index is 1000. The molecule has 3 aromatic rings. The van der Waals surface area contributed by atoms with Crippen molar-refractivity contribution >= 4 is 16.8 Å². The summed E-state index contributed by atoms with van der Waals surface area (Å²) in [4.78, 5) is 16.3. The van der Waals surface area contributed by atoms with Crippen molar-refractivity contribution in [3.05, 3.63) is 59.3 Å². The lowest BCUT2D eigenvalue weighted by Crippen LogP contribution is -2.27.